The van der Waals surface area contributed by atoms with Gasteiger partial charge in [0.2, 0.25) is 5.91 Å². The van der Waals surface area contributed by atoms with Crippen LogP contribution in [0.5, 0.6) is 0 Å². The SMILES string of the molecule is Cc1nc2cc(NC(=O)[C@@H]3C[C@H](Sc4ccccn4)CN3Cc3c(F)cccc3F)ccc2s1. The van der Waals surface area contributed by atoms with Crippen LogP contribution in [0.25, 0.3) is 10.2 Å². The number of aryl methyl sites for hydroxylation is 1. The van der Waals surface area contributed by atoms with Crippen LogP contribution in [0.1, 0.15) is 17.0 Å². The van der Waals surface area contributed by atoms with Gasteiger partial charge in [-0.1, -0.05) is 12.1 Å². The van der Waals surface area contributed by atoms with Crippen molar-refractivity contribution in [3.8, 4) is 0 Å². The maximum absolute atomic E-state index is 14.4. The lowest BCUT2D eigenvalue weighted by atomic mass is 10.1. The number of rotatable bonds is 6. The number of likely N-dealkylation sites (tertiary alicyclic amines) is 1. The number of benzene rings is 2. The minimum atomic E-state index is -0.607. The Morgan fingerprint density at radius 3 is 2.76 bits per heavy atom. The number of thioether (sulfide) groups is 1. The zero-order chi connectivity index (χ0) is 23.7. The Bertz CT molecular complexity index is 1310. The highest BCUT2D eigenvalue weighted by Gasteiger charge is 2.38. The molecule has 174 valence electrons. The summed E-state index contributed by atoms with van der Waals surface area (Å²) in [4.78, 5) is 24.0. The number of fused-ring (bicyclic) bond motifs is 1. The van der Waals surface area contributed by atoms with Gasteiger partial charge in [-0.2, -0.15) is 0 Å². The number of pyridine rings is 1. The Balaban J connectivity index is 1.37. The quantitative estimate of drug-likeness (QED) is 0.374. The topological polar surface area (TPSA) is 58.1 Å². The standard InChI is InChI=1S/C25H22F2N4OS2/c1-15-29-21-11-16(8-9-23(21)33-15)30-25(32)22-12-17(34-24-7-2-3-10-28-24)13-31(22)14-18-19(26)5-4-6-20(18)27/h2-11,17,22H,12-14H2,1H3,(H,30,32)/t17-,22-/m0/s1. The molecular formula is C25H22F2N4OS2. The first kappa shape index (κ1) is 22.9. The molecule has 0 aliphatic carbocycles. The minimum absolute atomic E-state index is 0.0141. The Morgan fingerprint density at radius 2 is 2.00 bits per heavy atom. The van der Waals surface area contributed by atoms with E-state index in [0.717, 1.165) is 20.3 Å². The van der Waals surface area contributed by atoms with Gasteiger partial charge >= 0.3 is 0 Å². The van der Waals surface area contributed by atoms with E-state index < -0.39 is 17.7 Å². The smallest absolute Gasteiger partial charge is 0.241 e. The first-order valence-electron chi connectivity index (χ1n) is 10.9. The molecule has 2 aromatic carbocycles. The summed E-state index contributed by atoms with van der Waals surface area (Å²) in [5.74, 6) is -1.42. The van der Waals surface area contributed by atoms with Crippen molar-refractivity contribution in [3.63, 3.8) is 0 Å². The van der Waals surface area contributed by atoms with Gasteiger partial charge in [-0.15, -0.1) is 23.1 Å². The lowest BCUT2D eigenvalue weighted by Gasteiger charge is -2.24. The molecule has 5 rings (SSSR count). The number of amides is 1. The molecule has 0 unspecified atom stereocenters. The number of carbonyl (C=O) groups is 1. The van der Waals surface area contributed by atoms with Gasteiger partial charge in [0.15, 0.2) is 0 Å². The molecule has 4 aromatic rings. The maximum Gasteiger partial charge on any atom is 0.241 e. The molecule has 9 heteroatoms. The van der Waals surface area contributed by atoms with E-state index in [2.05, 4.69) is 15.3 Å². The molecule has 3 heterocycles. The van der Waals surface area contributed by atoms with Crippen LogP contribution in [0, 0.1) is 18.6 Å². The average molecular weight is 497 g/mol. The van der Waals surface area contributed by atoms with Crippen molar-refractivity contribution in [2.75, 3.05) is 11.9 Å². The van der Waals surface area contributed by atoms with Gasteiger partial charge in [0.25, 0.3) is 0 Å². The first-order chi connectivity index (χ1) is 16.5. The molecular weight excluding hydrogens is 474 g/mol. The summed E-state index contributed by atoms with van der Waals surface area (Å²) >= 11 is 3.18. The highest BCUT2D eigenvalue weighted by atomic mass is 32.2. The second-order valence-corrected chi connectivity index (χ2v) is 10.7. The largest absolute Gasteiger partial charge is 0.325 e. The van der Waals surface area contributed by atoms with Crippen molar-refractivity contribution < 1.29 is 13.6 Å². The second-order valence-electron chi connectivity index (χ2n) is 8.19. The van der Waals surface area contributed by atoms with E-state index in [1.807, 2.05) is 48.2 Å². The molecule has 0 spiro atoms. The number of nitrogens with zero attached hydrogens (tertiary/aromatic N) is 3. The molecule has 0 bridgehead atoms. The predicted octanol–water partition coefficient (Wildman–Crippen LogP) is 5.65. The van der Waals surface area contributed by atoms with Crippen LogP contribution in [0.3, 0.4) is 0 Å². The molecule has 2 aromatic heterocycles. The Kier molecular flexibility index (Phi) is 6.58. The van der Waals surface area contributed by atoms with Gasteiger partial charge in [0, 0.05) is 35.8 Å². The molecule has 1 saturated heterocycles. The number of thiazole rings is 1. The lowest BCUT2D eigenvalue weighted by Crippen LogP contribution is -2.39. The predicted molar refractivity (Wildman–Crippen MR) is 132 cm³/mol. The molecule has 1 amide bonds. The third kappa shape index (κ3) is 4.96. The van der Waals surface area contributed by atoms with Crippen molar-refractivity contribution in [3.05, 3.63) is 83.0 Å². The van der Waals surface area contributed by atoms with Gasteiger partial charge in [0.05, 0.1) is 26.3 Å². The van der Waals surface area contributed by atoms with E-state index in [9.17, 15) is 13.6 Å². The highest BCUT2D eigenvalue weighted by molar-refractivity contribution is 7.99. The zero-order valence-corrected chi connectivity index (χ0v) is 20.0. The molecule has 1 fully saturated rings. The Labute approximate surface area is 204 Å². The number of aromatic nitrogens is 2. The fraction of sp³-hybridized carbons (Fsp3) is 0.240. The number of hydrogen-bond acceptors (Lipinski definition) is 6. The van der Waals surface area contributed by atoms with Crippen molar-refractivity contribution in [1.29, 1.82) is 0 Å². The van der Waals surface area contributed by atoms with Crippen molar-refractivity contribution in [2.24, 2.45) is 0 Å². The van der Waals surface area contributed by atoms with Crippen LogP contribution >= 0.6 is 23.1 Å². The van der Waals surface area contributed by atoms with Crippen LogP contribution in [0.15, 0.2) is 65.8 Å². The van der Waals surface area contributed by atoms with Gasteiger partial charge < -0.3 is 5.32 Å². The lowest BCUT2D eigenvalue weighted by molar-refractivity contribution is -0.120. The first-order valence-corrected chi connectivity index (χ1v) is 12.6. The summed E-state index contributed by atoms with van der Waals surface area (Å²) in [6, 6.07) is 14.6. The summed E-state index contributed by atoms with van der Waals surface area (Å²) in [7, 11) is 0. The second kappa shape index (κ2) is 9.77. The Morgan fingerprint density at radius 1 is 1.18 bits per heavy atom. The van der Waals surface area contributed by atoms with Crippen LogP contribution < -0.4 is 5.32 Å². The molecule has 0 radical (unpaired) electrons. The summed E-state index contributed by atoms with van der Waals surface area (Å²) in [5, 5.41) is 4.86. The van der Waals surface area contributed by atoms with Gasteiger partial charge in [0.1, 0.15) is 11.6 Å². The maximum atomic E-state index is 14.4. The number of halogens is 2. The van der Waals surface area contributed by atoms with Crippen LogP contribution in [-0.2, 0) is 11.3 Å². The summed E-state index contributed by atoms with van der Waals surface area (Å²) < 4.78 is 29.8. The van der Waals surface area contributed by atoms with Crippen LogP contribution in [-0.4, -0.2) is 38.6 Å². The van der Waals surface area contributed by atoms with Gasteiger partial charge in [-0.25, -0.2) is 18.7 Å². The third-order valence-electron chi connectivity index (χ3n) is 5.78. The fourth-order valence-electron chi connectivity index (χ4n) is 4.21. The van der Waals surface area contributed by atoms with E-state index in [4.69, 9.17) is 0 Å². The molecule has 5 nitrogen and oxygen atoms in total. The van der Waals surface area contributed by atoms with E-state index in [1.54, 1.807) is 29.3 Å². The summed E-state index contributed by atoms with van der Waals surface area (Å²) in [6.45, 7) is 2.47. The normalized spacial score (nSPS) is 18.4. The number of hydrogen-bond donors (Lipinski definition) is 1. The minimum Gasteiger partial charge on any atom is -0.325 e. The molecule has 34 heavy (non-hydrogen) atoms. The fourth-order valence-corrected chi connectivity index (χ4v) is 6.19. The van der Waals surface area contributed by atoms with Crippen molar-refractivity contribution >= 4 is 44.9 Å². The Hall–Kier alpha value is -2.88. The van der Waals surface area contributed by atoms with Crippen molar-refractivity contribution in [2.45, 2.75) is 36.2 Å². The van der Waals surface area contributed by atoms with Gasteiger partial charge in [-0.05, 0) is 55.8 Å². The molecule has 1 N–H and O–H groups in total. The number of nitrogens with one attached hydrogen (secondary N) is 1. The highest BCUT2D eigenvalue weighted by Crippen LogP contribution is 2.34. The monoisotopic (exact) mass is 496 g/mol. The summed E-state index contributed by atoms with van der Waals surface area (Å²) in [6.07, 6.45) is 2.27. The number of carbonyl (C=O) groups excluding carboxylic acids is 1. The zero-order valence-electron chi connectivity index (χ0n) is 18.4. The number of anilines is 1. The third-order valence-corrected chi connectivity index (χ3v) is 7.89. The molecule has 2 atom stereocenters. The van der Waals surface area contributed by atoms with E-state index in [-0.39, 0.29) is 23.3 Å². The van der Waals surface area contributed by atoms with E-state index >= 15 is 0 Å². The van der Waals surface area contributed by atoms with Crippen LogP contribution in [0.2, 0.25) is 0 Å². The molecule has 1 aliphatic heterocycles. The van der Waals surface area contributed by atoms with Gasteiger partial charge in [-0.3, -0.25) is 9.69 Å². The molecule has 1 aliphatic rings. The van der Waals surface area contributed by atoms with E-state index in [1.165, 1.54) is 18.2 Å². The molecule has 0 saturated carbocycles. The van der Waals surface area contributed by atoms with Crippen LogP contribution in [0.4, 0.5) is 14.5 Å². The van der Waals surface area contributed by atoms with Crippen molar-refractivity contribution in [1.82, 2.24) is 14.9 Å². The van der Waals surface area contributed by atoms with E-state index in [0.29, 0.717) is 18.7 Å². The summed E-state index contributed by atoms with van der Waals surface area (Å²) in [5.41, 5.74) is 1.46. The average Bonchev–Trinajstić information content (AvgIpc) is 3.39.